The SMILES string of the molecule is CCOc1ccc(OCCOC(=O)c2ccc(F)c(S(=O)(=O)N3CCOCC3)c2)cc1. The van der Waals surface area contributed by atoms with E-state index in [-0.39, 0.29) is 45.1 Å². The molecule has 0 radical (unpaired) electrons. The van der Waals surface area contributed by atoms with E-state index < -0.39 is 26.7 Å². The van der Waals surface area contributed by atoms with Crippen LogP contribution in [0.25, 0.3) is 0 Å². The van der Waals surface area contributed by atoms with E-state index in [4.69, 9.17) is 18.9 Å². The number of carbonyl (C=O) groups is 1. The number of sulfonamides is 1. The fourth-order valence-electron chi connectivity index (χ4n) is 2.93. The highest BCUT2D eigenvalue weighted by molar-refractivity contribution is 7.89. The average Bonchev–Trinajstić information content (AvgIpc) is 2.78. The van der Waals surface area contributed by atoms with Crippen LogP contribution < -0.4 is 9.47 Å². The van der Waals surface area contributed by atoms with Gasteiger partial charge in [0.05, 0.1) is 25.4 Å². The Labute approximate surface area is 180 Å². The Bertz CT molecular complexity index is 989. The van der Waals surface area contributed by atoms with Crippen molar-refractivity contribution in [2.75, 3.05) is 46.1 Å². The van der Waals surface area contributed by atoms with Gasteiger partial charge in [-0.2, -0.15) is 4.31 Å². The van der Waals surface area contributed by atoms with Gasteiger partial charge in [0.25, 0.3) is 0 Å². The molecule has 168 valence electrons. The molecule has 1 heterocycles. The van der Waals surface area contributed by atoms with E-state index in [0.717, 1.165) is 22.2 Å². The molecule has 3 rings (SSSR count). The van der Waals surface area contributed by atoms with E-state index in [1.807, 2.05) is 6.92 Å². The molecule has 1 aliphatic rings. The minimum Gasteiger partial charge on any atom is -0.494 e. The van der Waals surface area contributed by atoms with E-state index >= 15 is 0 Å². The Balaban J connectivity index is 1.57. The lowest BCUT2D eigenvalue weighted by Crippen LogP contribution is -2.41. The van der Waals surface area contributed by atoms with Crippen LogP contribution in [0, 0.1) is 5.82 Å². The second-order valence-corrected chi connectivity index (χ2v) is 8.46. The van der Waals surface area contributed by atoms with Crippen LogP contribution in [-0.2, 0) is 19.5 Å². The minimum atomic E-state index is -4.08. The molecule has 0 unspecified atom stereocenters. The molecule has 0 N–H and O–H groups in total. The maximum Gasteiger partial charge on any atom is 0.338 e. The summed E-state index contributed by atoms with van der Waals surface area (Å²) < 4.78 is 61.9. The van der Waals surface area contributed by atoms with E-state index in [1.165, 1.54) is 6.07 Å². The van der Waals surface area contributed by atoms with Gasteiger partial charge in [0, 0.05) is 13.1 Å². The average molecular weight is 453 g/mol. The molecule has 2 aromatic carbocycles. The molecule has 31 heavy (non-hydrogen) atoms. The summed E-state index contributed by atoms with van der Waals surface area (Å²) >= 11 is 0. The van der Waals surface area contributed by atoms with Gasteiger partial charge in [-0.15, -0.1) is 0 Å². The molecule has 0 atom stereocenters. The van der Waals surface area contributed by atoms with Crippen molar-refractivity contribution >= 4 is 16.0 Å². The third-order valence-corrected chi connectivity index (χ3v) is 6.39. The van der Waals surface area contributed by atoms with Crippen molar-refractivity contribution in [2.24, 2.45) is 0 Å². The zero-order chi connectivity index (χ0) is 22.3. The third-order valence-electron chi connectivity index (χ3n) is 4.47. The number of nitrogens with zero attached hydrogens (tertiary/aromatic N) is 1. The number of esters is 1. The van der Waals surface area contributed by atoms with Crippen molar-refractivity contribution in [3.8, 4) is 11.5 Å². The number of benzene rings is 2. The largest absolute Gasteiger partial charge is 0.494 e. The van der Waals surface area contributed by atoms with Crippen molar-refractivity contribution in [3.05, 3.63) is 53.8 Å². The molecular weight excluding hydrogens is 429 g/mol. The normalized spacial score (nSPS) is 14.8. The van der Waals surface area contributed by atoms with Crippen molar-refractivity contribution in [1.29, 1.82) is 0 Å². The fraction of sp³-hybridized carbons (Fsp3) is 0.381. The van der Waals surface area contributed by atoms with Crippen molar-refractivity contribution < 1.29 is 36.6 Å². The molecule has 0 aromatic heterocycles. The summed E-state index contributed by atoms with van der Waals surface area (Å²) in [5.74, 6) is -0.392. The van der Waals surface area contributed by atoms with Crippen LogP contribution in [0.1, 0.15) is 17.3 Å². The Kier molecular flexibility index (Phi) is 7.83. The molecule has 0 amide bonds. The lowest BCUT2D eigenvalue weighted by Gasteiger charge is -2.26. The standard InChI is InChI=1S/C21H24FNO7S/c1-2-28-17-4-6-18(7-5-17)29-13-14-30-21(24)16-3-8-19(22)20(15-16)31(25,26)23-9-11-27-12-10-23/h3-8,15H,2,9-14H2,1H3. The van der Waals surface area contributed by atoms with Crippen LogP contribution in [0.2, 0.25) is 0 Å². The van der Waals surface area contributed by atoms with Crippen LogP contribution in [-0.4, -0.2) is 64.8 Å². The molecule has 1 aliphatic heterocycles. The van der Waals surface area contributed by atoms with E-state index in [9.17, 15) is 17.6 Å². The Morgan fingerprint density at radius 1 is 1.03 bits per heavy atom. The molecule has 0 spiro atoms. The van der Waals surface area contributed by atoms with Gasteiger partial charge in [-0.1, -0.05) is 0 Å². The molecule has 0 bridgehead atoms. The number of rotatable bonds is 9. The lowest BCUT2D eigenvalue weighted by molar-refractivity contribution is 0.0450. The van der Waals surface area contributed by atoms with Gasteiger partial charge in [-0.3, -0.25) is 0 Å². The predicted molar refractivity (Wildman–Crippen MR) is 109 cm³/mol. The summed E-state index contributed by atoms with van der Waals surface area (Å²) in [4.78, 5) is 11.7. The number of hydrogen-bond donors (Lipinski definition) is 0. The Morgan fingerprint density at radius 3 is 2.32 bits per heavy atom. The van der Waals surface area contributed by atoms with Gasteiger partial charge in [0.2, 0.25) is 10.0 Å². The molecule has 10 heteroatoms. The highest BCUT2D eigenvalue weighted by Gasteiger charge is 2.30. The van der Waals surface area contributed by atoms with Gasteiger partial charge in [0.15, 0.2) is 0 Å². The first-order valence-corrected chi connectivity index (χ1v) is 11.3. The van der Waals surface area contributed by atoms with Crippen LogP contribution in [0.5, 0.6) is 11.5 Å². The summed E-state index contributed by atoms with van der Waals surface area (Å²) in [5.41, 5.74) is -0.0608. The van der Waals surface area contributed by atoms with Gasteiger partial charge in [0.1, 0.15) is 35.4 Å². The third kappa shape index (κ3) is 5.93. The summed E-state index contributed by atoms with van der Waals surface area (Å²) in [7, 11) is -4.08. The first-order chi connectivity index (χ1) is 14.9. The molecule has 1 saturated heterocycles. The monoisotopic (exact) mass is 453 g/mol. The van der Waals surface area contributed by atoms with Crippen molar-refractivity contribution in [1.82, 2.24) is 4.31 Å². The van der Waals surface area contributed by atoms with Gasteiger partial charge in [-0.05, 0) is 49.4 Å². The van der Waals surface area contributed by atoms with E-state index in [0.29, 0.717) is 12.4 Å². The maximum absolute atomic E-state index is 14.2. The second kappa shape index (κ2) is 10.6. The van der Waals surface area contributed by atoms with Crippen LogP contribution >= 0.6 is 0 Å². The second-order valence-electron chi connectivity index (χ2n) is 6.55. The topological polar surface area (TPSA) is 91.4 Å². The Morgan fingerprint density at radius 2 is 1.68 bits per heavy atom. The molecular formula is C21H24FNO7S. The first-order valence-electron chi connectivity index (χ1n) is 9.82. The molecule has 2 aromatic rings. The number of ether oxygens (including phenoxy) is 4. The quantitative estimate of drug-likeness (QED) is 0.426. The minimum absolute atomic E-state index is 0.0605. The predicted octanol–water partition coefficient (Wildman–Crippen LogP) is 2.48. The smallest absolute Gasteiger partial charge is 0.338 e. The zero-order valence-corrected chi connectivity index (χ0v) is 17.9. The summed E-state index contributed by atoms with van der Waals surface area (Å²) in [6, 6.07) is 10.1. The molecule has 1 fully saturated rings. The highest BCUT2D eigenvalue weighted by Crippen LogP contribution is 2.22. The summed E-state index contributed by atoms with van der Waals surface area (Å²) in [5, 5.41) is 0. The van der Waals surface area contributed by atoms with Gasteiger partial charge in [-0.25, -0.2) is 17.6 Å². The van der Waals surface area contributed by atoms with Gasteiger partial charge >= 0.3 is 5.97 Å². The van der Waals surface area contributed by atoms with Gasteiger partial charge < -0.3 is 18.9 Å². The van der Waals surface area contributed by atoms with Crippen LogP contribution in [0.3, 0.4) is 0 Å². The number of carbonyl (C=O) groups excluding carboxylic acids is 1. The van der Waals surface area contributed by atoms with Crippen LogP contribution in [0.15, 0.2) is 47.4 Å². The number of morpholine rings is 1. The van der Waals surface area contributed by atoms with Crippen LogP contribution in [0.4, 0.5) is 4.39 Å². The fourth-order valence-corrected chi connectivity index (χ4v) is 4.43. The summed E-state index contributed by atoms with van der Waals surface area (Å²) in [6.07, 6.45) is 0. The van der Waals surface area contributed by atoms with E-state index in [2.05, 4.69) is 0 Å². The molecule has 0 saturated carbocycles. The maximum atomic E-state index is 14.2. The Hall–Kier alpha value is -2.69. The van der Waals surface area contributed by atoms with Crippen molar-refractivity contribution in [2.45, 2.75) is 11.8 Å². The summed E-state index contributed by atoms with van der Waals surface area (Å²) in [6.45, 7) is 3.21. The molecule has 0 aliphatic carbocycles. The molecule has 8 nitrogen and oxygen atoms in total. The lowest BCUT2D eigenvalue weighted by atomic mass is 10.2. The van der Waals surface area contributed by atoms with Crippen molar-refractivity contribution in [3.63, 3.8) is 0 Å². The highest BCUT2D eigenvalue weighted by atomic mass is 32.2. The number of hydrogen-bond acceptors (Lipinski definition) is 7. The van der Waals surface area contributed by atoms with E-state index in [1.54, 1.807) is 24.3 Å². The first kappa shape index (κ1) is 23.0. The zero-order valence-electron chi connectivity index (χ0n) is 17.1. The number of halogens is 1.